The predicted octanol–water partition coefficient (Wildman–Crippen LogP) is 3.42. The van der Waals surface area contributed by atoms with Crippen molar-refractivity contribution in [1.29, 1.82) is 0 Å². The number of rotatable bonds is 5. The van der Waals surface area contributed by atoms with Crippen molar-refractivity contribution in [3.05, 3.63) is 28.2 Å². The van der Waals surface area contributed by atoms with Gasteiger partial charge in [0, 0.05) is 31.7 Å². The van der Waals surface area contributed by atoms with Crippen molar-refractivity contribution in [3.8, 4) is 5.75 Å². The molecule has 0 spiro atoms. The Morgan fingerprint density at radius 1 is 1.35 bits per heavy atom. The highest BCUT2D eigenvalue weighted by atomic mass is 79.9. The molecule has 1 fully saturated rings. The summed E-state index contributed by atoms with van der Waals surface area (Å²) in [6.07, 6.45) is 2.39. The minimum absolute atomic E-state index is 0.625. The third-order valence-electron chi connectivity index (χ3n) is 4.18. The SMILES string of the molecule is CCC1CN(Cc2ccc(OC)c(Br)c2)C(CC)CN1. The van der Waals surface area contributed by atoms with Crippen LogP contribution in [-0.4, -0.2) is 37.2 Å². The van der Waals surface area contributed by atoms with Crippen LogP contribution in [0, 0.1) is 0 Å². The molecule has 2 unspecified atom stereocenters. The van der Waals surface area contributed by atoms with Crippen molar-refractivity contribution in [2.75, 3.05) is 20.2 Å². The maximum Gasteiger partial charge on any atom is 0.133 e. The van der Waals surface area contributed by atoms with E-state index in [1.807, 2.05) is 6.07 Å². The number of ether oxygens (including phenoxy) is 1. The van der Waals surface area contributed by atoms with E-state index in [1.54, 1.807) is 7.11 Å². The molecule has 1 aliphatic heterocycles. The summed E-state index contributed by atoms with van der Waals surface area (Å²) in [7, 11) is 1.70. The zero-order valence-corrected chi connectivity index (χ0v) is 14.2. The molecule has 0 amide bonds. The number of methoxy groups -OCH3 is 1. The van der Waals surface area contributed by atoms with Gasteiger partial charge in [-0.05, 0) is 46.5 Å². The number of halogens is 1. The van der Waals surface area contributed by atoms with Gasteiger partial charge in [-0.3, -0.25) is 4.90 Å². The van der Waals surface area contributed by atoms with Crippen molar-refractivity contribution >= 4 is 15.9 Å². The third kappa shape index (κ3) is 3.74. The average Bonchev–Trinajstić information content (AvgIpc) is 2.47. The van der Waals surface area contributed by atoms with E-state index >= 15 is 0 Å². The monoisotopic (exact) mass is 340 g/mol. The van der Waals surface area contributed by atoms with Gasteiger partial charge in [0.25, 0.3) is 0 Å². The molecule has 1 heterocycles. The number of piperazine rings is 1. The van der Waals surface area contributed by atoms with Gasteiger partial charge in [0.15, 0.2) is 0 Å². The summed E-state index contributed by atoms with van der Waals surface area (Å²) < 4.78 is 6.33. The third-order valence-corrected chi connectivity index (χ3v) is 4.80. The maximum absolute atomic E-state index is 5.30. The fourth-order valence-electron chi connectivity index (χ4n) is 2.84. The topological polar surface area (TPSA) is 24.5 Å². The molecular weight excluding hydrogens is 316 g/mol. The number of hydrogen-bond donors (Lipinski definition) is 1. The highest BCUT2D eigenvalue weighted by Gasteiger charge is 2.25. The lowest BCUT2D eigenvalue weighted by Gasteiger charge is -2.40. The molecule has 1 aromatic carbocycles. The molecule has 1 aliphatic rings. The van der Waals surface area contributed by atoms with Crippen molar-refractivity contribution in [2.24, 2.45) is 0 Å². The Labute approximate surface area is 130 Å². The first kappa shape index (κ1) is 15.8. The quantitative estimate of drug-likeness (QED) is 0.888. The second-order valence-corrected chi connectivity index (χ2v) is 6.33. The van der Waals surface area contributed by atoms with E-state index < -0.39 is 0 Å². The number of hydrogen-bond acceptors (Lipinski definition) is 3. The molecule has 112 valence electrons. The summed E-state index contributed by atoms with van der Waals surface area (Å²) in [5.41, 5.74) is 1.34. The maximum atomic E-state index is 5.30. The lowest BCUT2D eigenvalue weighted by molar-refractivity contribution is 0.117. The Kier molecular flexibility index (Phi) is 5.87. The van der Waals surface area contributed by atoms with Crippen LogP contribution in [0.3, 0.4) is 0 Å². The zero-order chi connectivity index (χ0) is 14.5. The molecule has 0 aliphatic carbocycles. The Hall–Kier alpha value is -0.580. The van der Waals surface area contributed by atoms with Crippen LogP contribution < -0.4 is 10.1 Å². The first-order valence-corrected chi connectivity index (χ1v) is 8.27. The first-order valence-electron chi connectivity index (χ1n) is 7.47. The number of benzene rings is 1. The van der Waals surface area contributed by atoms with Crippen molar-refractivity contribution in [3.63, 3.8) is 0 Å². The van der Waals surface area contributed by atoms with Gasteiger partial charge in [-0.2, -0.15) is 0 Å². The van der Waals surface area contributed by atoms with Crippen LogP contribution in [0.15, 0.2) is 22.7 Å². The van der Waals surface area contributed by atoms with Crippen LogP contribution >= 0.6 is 15.9 Å². The minimum atomic E-state index is 0.625. The fourth-order valence-corrected chi connectivity index (χ4v) is 3.43. The summed E-state index contributed by atoms with van der Waals surface area (Å²) in [4.78, 5) is 2.61. The molecule has 4 heteroatoms. The summed E-state index contributed by atoms with van der Waals surface area (Å²) in [6.45, 7) is 7.78. The van der Waals surface area contributed by atoms with Crippen LogP contribution in [0.4, 0.5) is 0 Å². The van der Waals surface area contributed by atoms with Gasteiger partial charge in [0.05, 0.1) is 11.6 Å². The summed E-state index contributed by atoms with van der Waals surface area (Å²) >= 11 is 3.57. The molecule has 0 radical (unpaired) electrons. The summed E-state index contributed by atoms with van der Waals surface area (Å²) in [5.74, 6) is 0.896. The predicted molar refractivity (Wildman–Crippen MR) is 87.3 cm³/mol. The Balaban J connectivity index is 2.07. The normalized spacial score (nSPS) is 23.8. The smallest absolute Gasteiger partial charge is 0.133 e. The molecule has 0 saturated carbocycles. The molecule has 1 saturated heterocycles. The Morgan fingerprint density at radius 3 is 2.75 bits per heavy atom. The molecular formula is C16H25BrN2O. The molecule has 1 N–H and O–H groups in total. The standard InChI is InChI=1S/C16H25BrN2O/c1-4-13-11-19(14(5-2)9-18-13)10-12-6-7-16(20-3)15(17)8-12/h6-8,13-14,18H,4-5,9-11H2,1-3H3. The largest absolute Gasteiger partial charge is 0.496 e. The van der Waals surface area contributed by atoms with Gasteiger partial charge in [-0.1, -0.05) is 19.9 Å². The molecule has 0 aromatic heterocycles. The Bertz CT molecular complexity index is 438. The van der Waals surface area contributed by atoms with E-state index in [1.165, 1.54) is 18.4 Å². The molecule has 0 bridgehead atoms. The minimum Gasteiger partial charge on any atom is -0.496 e. The van der Waals surface area contributed by atoms with E-state index in [2.05, 4.69) is 52.1 Å². The van der Waals surface area contributed by atoms with E-state index in [0.717, 1.165) is 29.9 Å². The fraction of sp³-hybridized carbons (Fsp3) is 0.625. The van der Waals surface area contributed by atoms with Gasteiger partial charge < -0.3 is 10.1 Å². The van der Waals surface area contributed by atoms with Crippen LogP contribution in [0.2, 0.25) is 0 Å². The van der Waals surface area contributed by atoms with Crippen LogP contribution in [0.1, 0.15) is 32.3 Å². The van der Waals surface area contributed by atoms with E-state index in [0.29, 0.717) is 12.1 Å². The van der Waals surface area contributed by atoms with Gasteiger partial charge in [0.2, 0.25) is 0 Å². The van der Waals surface area contributed by atoms with Gasteiger partial charge >= 0.3 is 0 Å². The molecule has 3 nitrogen and oxygen atoms in total. The van der Waals surface area contributed by atoms with E-state index in [9.17, 15) is 0 Å². The lowest BCUT2D eigenvalue weighted by atomic mass is 10.0. The average molecular weight is 341 g/mol. The Morgan fingerprint density at radius 2 is 2.15 bits per heavy atom. The summed E-state index contributed by atoms with van der Waals surface area (Å²) in [6, 6.07) is 7.64. The molecule has 2 rings (SSSR count). The molecule has 1 aromatic rings. The second-order valence-electron chi connectivity index (χ2n) is 5.47. The van der Waals surface area contributed by atoms with E-state index in [-0.39, 0.29) is 0 Å². The molecule has 2 atom stereocenters. The number of nitrogens with zero attached hydrogens (tertiary/aromatic N) is 1. The van der Waals surface area contributed by atoms with Crippen molar-refractivity contribution in [1.82, 2.24) is 10.2 Å². The first-order chi connectivity index (χ1) is 9.67. The zero-order valence-electron chi connectivity index (χ0n) is 12.7. The molecule has 20 heavy (non-hydrogen) atoms. The lowest BCUT2D eigenvalue weighted by Crippen LogP contribution is -2.55. The number of nitrogens with one attached hydrogen (secondary N) is 1. The van der Waals surface area contributed by atoms with Crippen molar-refractivity contribution < 1.29 is 4.74 Å². The van der Waals surface area contributed by atoms with Crippen LogP contribution in [-0.2, 0) is 6.54 Å². The van der Waals surface area contributed by atoms with Gasteiger partial charge in [-0.25, -0.2) is 0 Å². The highest BCUT2D eigenvalue weighted by Crippen LogP contribution is 2.27. The van der Waals surface area contributed by atoms with Crippen LogP contribution in [0.25, 0.3) is 0 Å². The van der Waals surface area contributed by atoms with Crippen molar-refractivity contribution in [2.45, 2.75) is 45.3 Å². The summed E-state index contributed by atoms with van der Waals surface area (Å²) in [5, 5.41) is 3.64. The van der Waals surface area contributed by atoms with Gasteiger partial charge in [0.1, 0.15) is 5.75 Å². The van der Waals surface area contributed by atoms with E-state index in [4.69, 9.17) is 4.74 Å². The van der Waals surface area contributed by atoms with Crippen LogP contribution in [0.5, 0.6) is 5.75 Å². The van der Waals surface area contributed by atoms with Gasteiger partial charge in [-0.15, -0.1) is 0 Å². The second kappa shape index (κ2) is 7.43. The highest BCUT2D eigenvalue weighted by molar-refractivity contribution is 9.10.